The van der Waals surface area contributed by atoms with Gasteiger partial charge in [0, 0.05) is 32.8 Å². The number of hydrogen-bond acceptors (Lipinski definition) is 7. The Morgan fingerprint density at radius 3 is 2.39 bits per heavy atom. The van der Waals surface area contributed by atoms with Crippen molar-refractivity contribution >= 4 is 32.5 Å². The number of sulfonamides is 1. The summed E-state index contributed by atoms with van der Waals surface area (Å²) in [6.45, 7) is -0.530. The Bertz CT molecular complexity index is 1370. The van der Waals surface area contributed by atoms with E-state index in [1.54, 1.807) is 7.05 Å². The van der Waals surface area contributed by atoms with Crippen LogP contribution in [0, 0.1) is 10.1 Å². The smallest absolute Gasteiger partial charge is 0.328 e. The Balaban J connectivity index is 1.91. The van der Waals surface area contributed by atoms with Crippen LogP contribution in [0.5, 0.6) is 5.75 Å². The van der Waals surface area contributed by atoms with Gasteiger partial charge in [0.1, 0.15) is 0 Å². The number of ketones is 1. The van der Waals surface area contributed by atoms with E-state index >= 15 is 0 Å². The zero-order valence-corrected chi connectivity index (χ0v) is 18.0. The number of imidazole rings is 1. The summed E-state index contributed by atoms with van der Waals surface area (Å²) in [6.07, 6.45) is 0. The van der Waals surface area contributed by atoms with Crippen molar-refractivity contribution in [2.24, 2.45) is 14.1 Å². The molecule has 0 saturated heterocycles. The van der Waals surface area contributed by atoms with E-state index in [1.165, 1.54) is 60.7 Å². The molecule has 0 aliphatic heterocycles. The molecule has 164 valence electrons. The van der Waals surface area contributed by atoms with Crippen molar-refractivity contribution < 1.29 is 22.9 Å². The number of aryl methyl sites for hydroxylation is 2. The highest BCUT2D eigenvalue weighted by atomic mass is 32.2. The van der Waals surface area contributed by atoms with E-state index < -0.39 is 33.0 Å². The van der Waals surface area contributed by atoms with Crippen LogP contribution in [0.25, 0.3) is 11.0 Å². The number of aromatic nitrogens is 2. The third-order valence-electron chi connectivity index (χ3n) is 5.02. The second-order valence-electron chi connectivity index (χ2n) is 6.88. The van der Waals surface area contributed by atoms with Gasteiger partial charge in [-0.15, -0.1) is 0 Å². The first kappa shape index (κ1) is 22.2. The summed E-state index contributed by atoms with van der Waals surface area (Å²) < 4.78 is 34.4. The van der Waals surface area contributed by atoms with Gasteiger partial charge in [0.05, 0.1) is 34.5 Å². The Morgan fingerprint density at radius 2 is 1.77 bits per heavy atom. The molecule has 0 bridgehead atoms. The Labute approximate surface area is 177 Å². The number of likely N-dealkylation sites (N-methyl/N-ethyl adjacent to an activating group) is 1. The second-order valence-corrected chi connectivity index (χ2v) is 8.92. The minimum Gasteiger partial charge on any atom is -0.490 e. The molecule has 0 unspecified atom stereocenters. The van der Waals surface area contributed by atoms with E-state index in [-0.39, 0.29) is 21.9 Å². The summed E-state index contributed by atoms with van der Waals surface area (Å²) >= 11 is 0. The normalized spacial score (nSPS) is 11.8. The number of hydrogen-bond donors (Lipinski definition) is 0. The van der Waals surface area contributed by atoms with Crippen molar-refractivity contribution in [3.8, 4) is 5.75 Å². The predicted octanol–water partition coefficient (Wildman–Crippen LogP) is 1.30. The Hall–Kier alpha value is -3.51. The molecule has 3 rings (SSSR count). The monoisotopic (exact) mass is 448 g/mol. The van der Waals surface area contributed by atoms with Crippen LogP contribution in [-0.2, 0) is 24.1 Å². The molecule has 0 fully saturated rings. The van der Waals surface area contributed by atoms with Gasteiger partial charge in [-0.1, -0.05) is 0 Å². The number of nitrogens with zero attached hydrogens (tertiary/aromatic N) is 4. The summed E-state index contributed by atoms with van der Waals surface area (Å²) in [4.78, 5) is 35.1. The number of nitro benzene ring substituents is 1. The highest BCUT2D eigenvalue weighted by molar-refractivity contribution is 7.89. The first-order valence-corrected chi connectivity index (χ1v) is 10.4. The Morgan fingerprint density at radius 1 is 1.13 bits per heavy atom. The van der Waals surface area contributed by atoms with E-state index in [2.05, 4.69) is 0 Å². The summed E-state index contributed by atoms with van der Waals surface area (Å²) in [5, 5.41) is 11.2. The highest BCUT2D eigenvalue weighted by Gasteiger charge is 2.26. The van der Waals surface area contributed by atoms with E-state index in [1.807, 2.05) is 0 Å². The molecule has 0 radical (unpaired) electrons. The average Bonchev–Trinajstić information content (AvgIpc) is 2.96. The summed E-state index contributed by atoms with van der Waals surface area (Å²) in [6, 6.07) is 7.91. The lowest BCUT2D eigenvalue weighted by Crippen LogP contribution is -2.32. The van der Waals surface area contributed by atoms with Crippen LogP contribution in [0.4, 0.5) is 5.69 Å². The van der Waals surface area contributed by atoms with Crippen molar-refractivity contribution in [1.29, 1.82) is 0 Å². The van der Waals surface area contributed by atoms with Crippen LogP contribution in [0.2, 0.25) is 0 Å². The number of carbonyl (C=O) groups excluding carboxylic acids is 1. The maximum Gasteiger partial charge on any atom is 0.328 e. The van der Waals surface area contributed by atoms with Crippen molar-refractivity contribution in [3.05, 3.63) is 62.6 Å². The minimum absolute atomic E-state index is 0.00991. The molecule has 3 aromatic rings. The van der Waals surface area contributed by atoms with Crippen LogP contribution < -0.4 is 10.4 Å². The lowest BCUT2D eigenvalue weighted by Gasteiger charge is -2.17. The molecule has 31 heavy (non-hydrogen) atoms. The van der Waals surface area contributed by atoms with Crippen molar-refractivity contribution in [2.75, 3.05) is 20.7 Å². The van der Waals surface area contributed by atoms with Gasteiger partial charge < -0.3 is 4.74 Å². The van der Waals surface area contributed by atoms with E-state index in [4.69, 9.17) is 4.74 Å². The molecule has 2 aromatic carbocycles. The van der Waals surface area contributed by atoms with Gasteiger partial charge in [0.15, 0.2) is 11.5 Å². The van der Waals surface area contributed by atoms with E-state index in [0.717, 1.165) is 10.4 Å². The van der Waals surface area contributed by atoms with Gasteiger partial charge in [-0.05, 0) is 30.3 Å². The molecule has 0 N–H and O–H groups in total. The number of methoxy groups -OCH3 is 1. The second kappa shape index (κ2) is 7.96. The topological polar surface area (TPSA) is 134 Å². The quantitative estimate of drug-likeness (QED) is 0.302. The number of ether oxygens (including phenoxy) is 1. The molecular formula is C19H20N4O7S. The number of carbonyl (C=O) groups is 1. The number of Topliss-reactive ketones (excluding diaryl/α,β-unsaturated/α-hetero) is 1. The number of fused-ring (bicyclic) bond motifs is 1. The fourth-order valence-corrected chi connectivity index (χ4v) is 4.36. The van der Waals surface area contributed by atoms with Crippen molar-refractivity contribution in [3.63, 3.8) is 0 Å². The molecule has 0 spiro atoms. The molecule has 0 aliphatic carbocycles. The lowest BCUT2D eigenvalue weighted by molar-refractivity contribution is -0.385. The van der Waals surface area contributed by atoms with Crippen LogP contribution in [0.15, 0.2) is 46.1 Å². The lowest BCUT2D eigenvalue weighted by atomic mass is 10.1. The molecule has 11 nitrogen and oxygen atoms in total. The predicted molar refractivity (Wildman–Crippen MR) is 112 cm³/mol. The largest absolute Gasteiger partial charge is 0.490 e. The van der Waals surface area contributed by atoms with Gasteiger partial charge in [-0.2, -0.15) is 4.31 Å². The first-order valence-electron chi connectivity index (χ1n) is 8.96. The zero-order chi connectivity index (χ0) is 23.1. The molecule has 1 aromatic heterocycles. The van der Waals surface area contributed by atoms with Gasteiger partial charge >= 0.3 is 11.4 Å². The van der Waals surface area contributed by atoms with Crippen LogP contribution in [0.1, 0.15) is 10.4 Å². The number of rotatable bonds is 7. The fourth-order valence-electron chi connectivity index (χ4n) is 3.21. The van der Waals surface area contributed by atoms with Crippen molar-refractivity contribution in [1.82, 2.24) is 13.4 Å². The maximum atomic E-state index is 13.0. The fraction of sp³-hybridized carbons (Fsp3) is 0.263. The van der Waals surface area contributed by atoms with Crippen LogP contribution >= 0.6 is 0 Å². The minimum atomic E-state index is -4.06. The third-order valence-corrected chi connectivity index (χ3v) is 6.81. The molecular weight excluding hydrogens is 428 g/mol. The van der Waals surface area contributed by atoms with Crippen LogP contribution in [0.3, 0.4) is 0 Å². The Kier molecular flexibility index (Phi) is 5.70. The standard InChI is InChI=1S/C19H20N4O7S/c1-20(11-17(24)12-5-8-18(30-4)16(9-12)23(26)27)31(28,29)13-6-7-14-15(10-13)22(3)19(25)21(14)2/h5-10H,11H2,1-4H3. The van der Waals surface area contributed by atoms with Gasteiger partial charge in [-0.25, -0.2) is 13.2 Å². The van der Waals surface area contributed by atoms with E-state index in [9.17, 15) is 28.1 Å². The molecule has 0 atom stereocenters. The number of benzene rings is 2. The van der Waals surface area contributed by atoms with Gasteiger partial charge in [0.25, 0.3) is 0 Å². The van der Waals surface area contributed by atoms with Gasteiger partial charge in [-0.3, -0.25) is 24.0 Å². The molecule has 0 amide bonds. The SMILES string of the molecule is COc1ccc(C(=O)CN(C)S(=O)(=O)c2ccc3c(c2)n(C)c(=O)n3C)cc1[N+](=O)[O-]. The summed E-state index contributed by atoms with van der Waals surface area (Å²) in [7, 11) is 1.55. The molecule has 0 saturated carbocycles. The summed E-state index contributed by atoms with van der Waals surface area (Å²) in [5.74, 6) is -0.630. The van der Waals surface area contributed by atoms with Gasteiger partial charge in [0.2, 0.25) is 10.0 Å². The molecule has 1 heterocycles. The highest BCUT2D eigenvalue weighted by Crippen LogP contribution is 2.28. The molecule has 12 heteroatoms. The maximum absolute atomic E-state index is 13.0. The van der Waals surface area contributed by atoms with Crippen molar-refractivity contribution in [2.45, 2.75) is 4.90 Å². The first-order chi connectivity index (χ1) is 14.5. The summed E-state index contributed by atoms with van der Waals surface area (Å²) in [5.41, 5.74) is 0.286. The molecule has 0 aliphatic rings. The third kappa shape index (κ3) is 3.82. The van der Waals surface area contributed by atoms with Crippen LogP contribution in [-0.4, -0.2) is 53.3 Å². The zero-order valence-electron chi connectivity index (χ0n) is 17.2. The number of nitro groups is 1. The average molecular weight is 448 g/mol. The van der Waals surface area contributed by atoms with E-state index in [0.29, 0.717) is 11.0 Å².